The molecule has 0 aromatic heterocycles. The van der Waals surface area contributed by atoms with Crippen molar-refractivity contribution >= 4 is 11.6 Å². The molecule has 0 saturated carbocycles. The minimum atomic E-state index is -0.321. The highest BCUT2D eigenvalue weighted by Crippen LogP contribution is 2.39. The van der Waals surface area contributed by atoms with Crippen molar-refractivity contribution in [2.75, 3.05) is 11.5 Å². The van der Waals surface area contributed by atoms with Crippen LogP contribution in [0.15, 0.2) is 24.3 Å². The fraction of sp³-hybridized carbons (Fsp3) is 0.500. The van der Waals surface area contributed by atoms with Gasteiger partial charge in [-0.2, -0.15) is 0 Å². The van der Waals surface area contributed by atoms with E-state index < -0.39 is 0 Å². The van der Waals surface area contributed by atoms with Crippen LogP contribution in [0, 0.1) is 12.8 Å². The van der Waals surface area contributed by atoms with Gasteiger partial charge < -0.3 is 10.0 Å². The van der Waals surface area contributed by atoms with Crippen molar-refractivity contribution in [3.05, 3.63) is 29.8 Å². The first-order valence-corrected chi connectivity index (χ1v) is 5.98. The molecule has 1 N–H and O–H groups in total. The summed E-state index contributed by atoms with van der Waals surface area (Å²) in [6.07, 6.45) is 0.428. The average molecular weight is 233 g/mol. The molecular weight excluding hydrogens is 214 g/mol. The van der Waals surface area contributed by atoms with Crippen LogP contribution in [0.4, 0.5) is 5.69 Å². The lowest BCUT2D eigenvalue weighted by molar-refractivity contribution is -0.117. The maximum absolute atomic E-state index is 12.1. The molecule has 17 heavy (non-hydrogen) atoms. The predicted molar refractivity (Wildman–Crippen MR) is 67.9 cm³/mol. The lowest BCUT2D eigenvalue weighted by atomic mass is 9.89. The summed E-state index contributed by atoms with van der Waals surface area (Å²) in [5, 5.41) is 9.37. The topological polar surface area (TPSA) is 40.5 Å². The number of benzene rings is 1. The molecule has 1 aromatic carbocycles. The molecule has 1 saturated heterocycles. The van der Waals surface area contributed by atoms with Gasteiger partial charge >= 0.3 is 0 Å². The monoisotopic (exact) mass is 233 g/mol. The third kappa shape index (κ3) is 1.84. The number of aryl methyl sites for hydroxylation is 1. The quantitative estimate of drug-likeness (QED) is 0.850. The maximum atomic E-state index is 12.1. The zero-order chi connectivity index (χ0) is 12.6. The Labute approximate surface area is 102 Å². The number of amides is 1. The Morgan fingerprint density at radius 3 is 2.59 bits per heavy atom. The summed E-state index contributed by atoms with van der Waals surface area (Å²) in [6, 6.07) is 7.88. The van der Waals surface area contributed by atoms with Crippen LogP contribution in [0.2, 0.25) is 0 Å². The number of carbonyl (C=O) groups excluding carboxylic acids is 1. The fourth-order valence-corrected chi connectivity index (χ4v) is 2.60. The first-order valence-electron chi connectivity index (χ1n) is 5.98. The van der Waals surface area contributed by atoms with Crippen molar-refractivity contribution in [3.8, 4) is 0 Å². The van der Waals surface area contributed by atoms with Gasteiger partial charge in [-0.05, 0) is 32.4 Å². The van der Waals surface area contributed by atoms with Gasteiger partial charge in [0.1, 0.15) is 0 Å². The second-order valence-corrected chi connectivity index (χ2v) is 5.25. The lowest BCUT2D eigenvalue weighted by Crippen LogP contribution is -2.45. The smallest absolute Gasteiger partial charge is 0.227 e. The summed E-state index contributed by atoms with van der Waals surface area (Å²) in [5.41, 5.74) is 1.73. The van der Waals surface area contributed by atoms with E-state index in [9.17, 15) is 9.90 Å². The van der Waals surface area contributed by atoms with Gasteiger partial charge in [-0.1, -0.05) is 18.2 Å². The molecule has 1 heterocycles. The number of carbonyl (C=O) groups is 1. The van der Waals surface area contributed by atoms with E-state index in [1.165, 1.54) is 0 Å². The van der Waals surface area contributed by atoms with Crippen LogP contribution >= 0.6 is 0 Å². The second kappa shape index (κ2) is 4.15. The number of aliphatic hydroxyl groups excluding tert-OH is 1. The Bertz CT molecular complexity index is 440. The number of aliphatic hydroxyl groups is 1. The Morgan fingerprint density at radius 2 is 2.06 bits per heavy atom. The molecule has 0 bridgehead atoms. The number of hydrogen-bond acceptors (Lipinski definition) is 2. The molecule has 1 aromatic rings. The molecule has 1 aliphatic heterocycles. The van der Waals surface area contributed by atoms with Crippen molar-refractivity contribution in [2.24, 2.45) is 5.92 Å². The molecule has 1 atom stereocenters. The van der Waals surface area contributed by atoms with Crippen LogP contribution in [-0.2, 0) is 4.79 Å². The van der Waals surface area contributed by atoms with Gasteiger partial charge in [-0.25, -0.2) is 0 Å². The van der Waals surface area contributed by atoms with E-state index in [-0.39, 0.29) is 24.0 Å². The van der Waals surface area contributed by atoms with Crippen molar-refractivity contribution in [2.45, 2.75) is 32.7 Å². The standard InChI is InChI=1S/C14H19NO2/c1-10-6-4-5-7-12(10)15-13(17)8-11(9-16)14(15,2)3/h4-7,11,16H,8-9H2,1-3H3. The van der Waals surface area contributed by atoms with Crippen molar-refractivity contribution in [3.63, 3.8) is 0 Å². The summed E-state index contributed by atoms with van der Waals surface area (Å²) < 4.78 is 0. The van der Waals surface area contributed by atoms with E-state index in [0.29, 0.717) is 6.42 Å². The van der Waals surface area contributed by atoms with E-state index in [4.69, 9.17) is 0 Å². The predicted octanol–water partition coefficient (Wildman–Crippen LogP) is 2.12. The minimum absolute atomic E-state index is 0.00889. The van der Waals surface area contributed by atoms with Crippen LogP contribution in [0.3, 0.4) is 0 Å². The van der Waals surface area contributed by atoms with Crippen LogP contribution in [0.5, 0.6) is 0 Å². The molecular formula is C14H19NO2. The third-order valence-electron chi connectivity index (χ3n) is 3.82. The summed E-state index contributed by atoms with van der Waals surface area (Å²) in [5.74, 6) is 0.109. The van der Waals surface area contributed by atoms with Gasteiger partial charge in [0.15, 0.2) is 0 Å². The number of para-hydroxylation sites is 1. The average Bonchev–Trinajstić information content (AvgIpc) is 2.50. The molecule has 1 unspecified atom stereocenters. The Hall–Kier alpha value is -1.35. The Balaban J connectivity index is 2.45. The molecule has 3 nitrogen and oxygen atoms in total. The third-order valence-corrected chi connectivity index (χ3v) is 3.82. The number of nitrogens with zero attached hydrogens (tertiary/aromatic N) is 1. The number of hydrogen-bond donors (Lipinski definition) is 1. The number of rotatable bonds is 2. The first-order chi connectivity index (χ1) is 7.98. The van der Waals surface area contributed by atoms with Crippen LogP contribution in [0.1, 0.15) is 25.8 Å². The largest absolute Gasteiger partial charge is 0.396 e. The van der Waals surface area contributed by atoms with Gasteiger partial charge in [-0.15, -0.1) is 0 Å². The van der Waals surface area contributed by atoms with Crippen molar-refractivity contribution < 1.29 is 9.90 Å². The molecule has 2 rings (SSSR count). The second-order valence-electron chi connectivity index (χ2n) is 5.25. The van der Waals surface area contributed by atoms with E-state index in [0.717, 1.165) is 11.3 Å². The van der Waals surface area contributed by atoms with Crippen LogP contribution in [-0.4, -0.2) is 23.2 Å². The summed E-state index contributed by atoms with van der Waals surface area (Å²) >= 11 is 0. The Kier molecular flexibility index (Phi) is 2.96. The van der Waals surface area contributed by atoms with Crippen molar-refractivity contribution in [1.82, 2.24) is 0 Å². The van der Waals surface area contributed by atoms with Gasteiger partial charge in [-0.3, -0.25) is 4.79 Å². The first kappa shape index (κ1) is 12.1. The van der Waals surface area contributed by atoms with Gasteiger partial charge in [0.05, 0.1) is 0 Å². The maximum Gasteiger partial charge on any atom is 0.227 e. The summed E-state index contributed by atoms with van der Waals surface area (Å²) in [7, 11) is 0. The van der Waals surface area contributed by atoms with Crippen molar-refractivity contribution in [1.29, 1.82) is 0 Å². The molecule has 1 fully saturated rings. The summed E-state index contributed by atoms with van der Waals surface area (Å²) in [4.78, 5) is 14.0. The molecule has 1 amide bonds. The zero-order valence-electron chi connectivity index (χ0n) is 10.6. The molecule has 3 heteroatoms. The zero-order valence-corrected chi connectivity index (χ0v) is 10.6. The minimum Gasteiger partial charge on any atom is -0.396 e. The van der Waals surface area contributed by atoms with E-state index >= 15 is 0 Å². The van der Waals surface area contributed by atoms with E-state index in [1.54, 1.807) is 0 Å². The van der Waals surface area contributed by atoms with E-state index in [2.05, 4.69) is 0 Å². The normalized spacial score (nSPS) is 23.2. The highest BCUT2D eigenvalue weighted by Gasteiger charge is 2.46. The number of anilines is 1. The fourth-order valence-electron chi connectivity index (χ4n) is 2.60. The SMILES string of the molecule is Cc1ccccc1N1C(=O)CC(CO)C1(C)C. The molecule has 0 aliphatic carbocycles. The molecule has 0 radical (unpaired) electrons. The highest BCUT2D eigenvalue weighted by atomic mass is 16.3. The molecule has 92 valence electrons. The van der Waals surface area contributed by atoms with Gasteiger partial charge in [0.2, 0.25) is 5.91 Å². The molecule has 0 spiro atoms. The highest BCUT2D eigenvalue weighted by molar-refractivity contribution is 5.98. The van der Waals surface area contributed by atoms with Crippen LogP contribution < -0.4 is 4.90 Å². The summed E-state index contributed by atoms with van der Waals surface area (Å²) in [6.45, 7) is 6.10. The molecule has 1 aliphatic rings. The van der Waals surface area contributed by atoms with Gasteiger partial charge in [0.25, 0.3) is 0 Å². The van der Waals surface area contributed by atoms with Gasteiger partial charge in [0, 0.05) is 30.2 Å². The lowest BCUT2D eigenvalue weighted by Gasteiger charge is -2.36. The van der Waals surface area contributed by atoms with Crippen LogP contribution in [0.25, 0.3) is 0 Å². The Morgan fingerprint density at radius 1 is 1.41 bits per heavy atom. The van der Waals surface area contributed by atoms with E-state index in [1.807, 2.05) is 49.9 Å².